The van der Waals surface area contributed by atoms with Gasteiger partial charge in [-0.2, -0.15) is 0 Å². The van der Waals surface area contributed by atoms with Gasteiger partial charge in [0, 0.05) is 0 Å². The van der Waals surface area contributed by atoms with Gasteiger partial charge in [0.2, 0.25) is 0 Å². The van der Waals surface area contributed by atoms with E-state index < -0.39 is 15.6 Å². The van der Waals surface area contributed by atoms with Crippen LogP contribution in [0.4, 0.5) is 4.48 Å². The minimum Gasteiger partial charge on any atom is -0.205 e. The summed E-state index contributed by atoms with van der Waals surface area (Å²) in [4.78, 5) is 0.0607. The van der Waals surface area contributed by atoms with Gasteiger partial charge in [0.05, 0.1) is 10.4 Å². The lowest BCUT2D eigenvalue weighted by Crippen LogP contribution is -2.39. The van der Waals surface area contributed by atoms with Crippen LogP contribution in [0.5, 0.6) is 0 Å². The highest BCUT2D eigenvalue weighted by Crippen LogP contribution is 2.29. The topological polar surface area (TPSA) is 37.4 Å². The number of hydrogen-bond acceptors (Lipinski definition) is 2. The molecule has 0 fully saturated rings. The lowest BCUT2D eigenvalue weighted by molar-refractivity contribution is 0.0417. The second-order valence-electron chi connectivity index (χ2n) is 5.62. The van der Waals surface area contributed by atoms with Gasteiger partial charge in [-0.3, -0.25) is 0 Å². The van der Waals surface area contributed by atoms with E-state index in [0.29, 0.717) is 11.1 Å². The quantitative estimate of drug-likeness (QED) is 0.775. The van der Waals surface area contributed by atoms with Crippen molar-refractivity contribution in [2.24, 2.45) is 0 Å². The zero-order valence-corrected chi connectivity index (χ0v) is 12.5. The Labute approximate surface area is 109 Å². The molecule has 0 N–H and O–H groups in total. The van der Waals surface area contributed by atoms with Crippen molar-refractivity contribution in [2.45, 2.75) is 52.0 Å². The van der Waals surface area contributed by atoms with Crippen LogP contribution in [0.3, 0.4) is 0 Å². The Morgan fingerprint density at radius 2 is 1.44 bits per heavy atom. The zero-order chi connectivity index (χ0) is 14.3. The Morgan fingerprint density at radius 1 is 1.06 bits per heavy atom. The van der Waals surface area contributed by atoms with E-state index in [1.807, 2.05) is 6.92 Å². The van der Waals surface area contributed by atoms with E-state index in [-0.39, 0.29) is 9.42 Å². The van der Waals surface area contributed by atoms with Crippen LogP contribution in [0.15, 0.2) is 17.0 Å². The fourth-order valence-corrected chi connectivity index (χ4v) is 3.83. The van der Waals surface area contributed by atoms with E-state index in [0.717, 1.165) is 5.56 Å². The first-order chi connectivity index (χ1) is 7.98. The fourth-order valence-electron chi connectivity index (χ4n) is 2.01. The molecule has 0 saturated carbocycles. The number of benzene rings is 1. The number of halogens is 1. The molecule has 0 bridgehead atoms. The molecule has 5 heteroatoms. The van der Waals surface area contributed by atoms with Gasteiger partial charge in [0.15, 0.2) is 0 Å². The molecule has 0 atom stereocenters. The van der Waals surface area contributed by atoms with Gasteiger partial charge in [-0.25, -0.2) is 8.42 Å². The van der Waals surface area contributed by atoms with E-state index in [4.69, 9.17) is 0 Å². The van der Waals surface area contributed by atoms with E-state index >= 15 is 0 Å². The van der Waals surface area contributed by atoms with Crippen LogP contribution in [-0.2, 0) is 10.0 Å². The average molecular weight is 273 g/mol. The van der Waals surface area contributed by atoms with Crippen LogP contribution in [0.1, 0.15) is 37.5 Å². The molecule has 1 rings (SSSR count). The minimum absolute atomic E-state index is 0.0607. The largest absolute Gasteiger partial charge is 0.270 e. The number of nitrogens with zero attached hydrogens (tertiary/aromatic N) is 1. The van der Waals surface area contributed by atoms with Gasteiger partial charge < -0.3 is 0 Å². The standard InChI is InChI=1S/C13H20FNO2S/c1-9-7-10(2)12(11(3)8-9)18(16,17)15(14)13(4,5)6/h7-8H,1-6H3. The van der Waals surface area contributed by atoms with Crippen molar-refractivity contribution in [1.82, 2.24) is 4.53 Å². The van der Waals surface area contributed by atoms with Crippen LogP contribution >= 0.6 is 0 Å². The Bertz CT molecular complexity index is 536. The van der Waals surface area contributed by atoms with Gasteiger partial charge in [0.25, 0.3) is 10.0 Å². The molecule has 0 aromatic heterocycles. The monoisotopic (exact) mass is 273 g/mol. The maximum Gasteiger partial charge on any atom is 0.270 e. The molecule has 0 spiro atoms. The highest BCUT2D eigenvalue weighted by Gasteiger charge is 2.36. The first-order valence-electron chi connectivity index (χ1n) is 5.77. The van der Waals surface area contributed by atoms with E-state index in [1.54, 1.807) is 26.0 Å². The molecule has 0 saturated heterocycles. The van der Waals surface area contributed by atoms with Crippen molar-refractivity contribution >= 4 is 10.0 Å². The maximum absolute atomic E-state index is 14.1. The number of sulfonamides is 1. The van der Waals surface area contributed by atoms with Crippen LogP contribution in [-0.4, -0.2) is 18.5 Å². The molecule has 3 nitrogen and oxygen atoms in total. The molecule has 102 valence electrons. The second-order valence-corrected chi connectivity index (χ2v) is 7.30. The van der Waals surface area contributed by atoms with Crippen LogP contribution in [0.2, 0.25) is 0 Å². The SMILES string of the molecule is Cc1cc(C)c(S(=O)(=O)N(F)C(C)(C)C)c(C)c1. The van der Waals surface area contributed by atoms with Crippen molar-refractivity contribution in [2.75, 3.05) is 0 Å². The molecular weight excluding hydrogens is 253 g/mol. The molecule has 0 radical (unpaired) electrons. The molecule has 0 unspecified atom stereocenters. The van der Waals surface area contributed by atoms with Gasteiger partial charge in [0.1, 0.15) is 0 Å². The average Bonchev–Trinajstić information content (AvgIpc) is 2.12. The van der Waals surface area contributed by atoms with Crippen molar-refractivity contribution in [3.8, 4) is 0 Å². The van der Waals surface area contributed by atoms with Crippen molar-refractivity contribution < 1.29 is 12.9 Å². The summed E-state index contributed by atoms with van der Waals surface area (Å²) in [5, 5.41) is 0. The highest BCUT2D eigenvalue weighted by molar-refractivity contribution is 7.89. The third-order valence-electron chi connectivity index (χ3n) is 2.60. The third kappa shape index (κ3) is 2.72. The first kappa shape index (κ1) is 15.1. The lowest BCUT2D eigenvalue weighted by Gasteiger charge is -2.27. The van der Waals surface area contributed by atoms with E-state index in [9.17, 15) is 12.9 Å². The summed E-state index contributed by atoms with van der Waals surface area (Å²) in [6, 6.07) is 3.49. The summed E-state index contributed by atoms with van der Waals surface area (Å²) >= 11 is 0. The Balaban J connectivity index is 3.48. The smallest absolute Gasteiger partial charge is 0.205 e. The van der Waals surface area contributed by atoms with Gasteiger partial charge in [-0.15, -0.1) is 4.48 Å². The van der Waals surface area contributed by atoms with Crippen LogP contribution in [0.25, 0.3) is 0 Å². The van der Waals surface area contributed by atoms with Crippen LogP contribution < -0.4 is 0 Å². The maximum atomic E-state index is 14.1. The van der Waals surface area contributed by atoms with Crippen LogP contribution in [0, 0.1) is 20.8 Å². The molecule has 0 aliphatic rings. The summed E-state index contributed by atoms with van der Waals surface area (Å²) in [7, 11) is -4.11. The fraction of sp³-hybridized carbons (Fsp3) is 0.538. The molecule has 0 heterocycles. The van der Waals surface area contributed by atoms with Gasteiger partial charge in [-0.05, 0) is 57.2 Å². The van der Waals surface area contributed by atoms with Gasteiger partial charge >= 0.3 is 0 Å². The predicted molar refractivity (Wildman–Crippen MR) is 70.5 cm³/mol. The number of aryl methyl sites for hydroxylation is 3. The molecule has 1 aromatic carbocycles. The van der Waals surface area contributed by atoms with Crippen molar-refractivity contribution in [3.63, 3.8) is 0 Å². The molecule has 0 aliphatic carbocycles. The van der Waals surface area contributed by atoms with E-state index in [2.05, 4.69) is 0 Å². The third-order valence-corrected chi connectivity index (χ3v) is 4.73. The minimum atomic E-state index is -4.11. The summed E-state index contributed by atoms with van der Waals surface area (Å²) < 4.78 is 38.6. The Hall–Kier alpha value is -0.940. The predicted octanol–water partition coefficient (Wildman–Crippen LogP) is 3.29. The summed E-state index contributed by atoms with van der Waals surface area (Å²) in [6.07, 6.45) is 0. The summed E-state index contributed by atoms with van der Waals surface area (Å²) in [6.45, 7) is 9.80. The van der Waals surface area contributed by atoms with Gasteiger partial charge in [-0.1, -0.05) is 17.7 Å². The Morgan fingerprint density at radius 3 is 1.78 bits per heavy atom. The summed E-state index contributed by atoms with van der Waals surface area (Å²) in [5.41, 5.74) is 1.01. The normalized spacial score (nSPS) is 13.1. The lowest BCUT2D eigenvalue weighted by atomic mass is 10.1. The number of hydrogen-bond donors (Lipinski definition) is 0. The molecule has 18 heavy (non-hydrogen) atoms. The van der Waals surface area contributed by atoms with Crippen molar-refractivity contribution in [1.29, 1.82) is 0 Å². The molecular formula is C13H20FNO2S. The molecule has 1 aromatic rings. The van der Waals surface area contributed by atoms with E-state index in [1.165, 1.54) is 20.8 Å². The second kappa shape index (κ2) is 4.63. The number of rotatable bonds is 2. The summed E-state index contributed by atoms with van der Waals surface area (Å²) in [5.74, 6) is 0. The molecule has 0 aliphatic heterocycles. The zero-order valence-electron chi connectivity index (χ0n) is 11.7. The first-order valence-corrected chi connectivity index (χ1v) is 7.21. The molecule has 0 amide bonds. The highest BCUT2D eigenvalue weighted by atomic mass is 32.2. The Kier molecular flexibility index (Phi) is 3.89. The van der Waals surface area contributed by atoms with Crippen molar-refractivity contribution in [3.05, 3.63) is 28.8 Å².